The van der Waals surface area contributed by atoms with E-state index in [4.69, 9.17) is 16.3 Å². The molecule has 2 aromatic carbocycles. The van der Waals surface area contributed by atoms with E-state index in [-0.39, 0.29) is 26.6 Å². The first-order valence-electron chi connectivity index (χ1n) is 8.50. The molecule has 0 fully saturated rings. The fraction of sp³-hybridized carbons (Fsp3) is 0.167. The quantitative estimate of drug-likeness (QED) is 0.507. The van der Waals surface area contributed by atoms with Crippen LogP contribution in [-0.2, 0) is 16.6 Å². The zero-order valence-electron chi connectivity index (χ0n) is 15.3. The number of carbonyl (C=O) groups excluding carboxylic acids is 1. The number of ether oxygens (including phenoxy) is 1. The molecule has 0 saturated carbocycles. The van der Waals surface area contributed by atoms with E-state index in [1.165, 1.54) is 0 Å². The SMILES string of the molecule is CCOc1ccccc1CNS(=O)(=O)c1nnc(NC(=O)c2ccccc2Cl)s1. The summed E-state index contributed by atoms with van der Waals surface area (Å²) in [4.78, 5) is 12.3. The van der Waals surface area contributed by atoms with Crippen molar-refractivity contribution in [2.75, 3.05) is 11.9 Å². The zero-order valence-corrected chi connectivity index (χ0v) is 17.6. The molecule has 2 N–H and O–H groups in total. The Morgan fingerprint density at radius 1 is 1.14 bits per heavy atom. The molecule has 1 amide bonds. The topological polar surface area (TPSA) is 110 Å². The highest BCUT2D eigenvalue weighted by Crippen LogP contribution is 2.23. The average Bonchev–Trinajstić information content (AvgIpc) is 3.17. The molecule has 0 radical (unpaired) electrons. The number of carbonyl (C=O) groups is 1. The van der Waals surface area contributed by atoms with E-state index in [1.807, 2.05) is 13.0 Å². The van der Waals surface area contributed by atoms with Gasteiger partial charge in [-0.1, -0.05) is 53.3 Å². The van der Waals surface area contributed by atoms with Gasteiger partial charge < -0.3 is 4.74 Å². The number of nitrogens with one attached hydrogen (secondary N) is 2. The van der Waals surface area contributed by atoms with E-state index in [9.17, 15) is 13.2 Å². The number of halogens is 1. The summed E-state index contributed by atoms with van der Waals surface area (Å²) in [6.07, 6.45) is 0. The van der Waals surface area contributed by atoms with E-state index in [0.717, 1.165) is 11.3 Å². The van der Waals surface area contributed by atoms with Gasteiger partial charge in [-0.15, -0.1) is 10.2 Å². The van der Waals surface area contributed by atoms with Gasteiger partial charge in [0.15, 0.2) is 0 Å². The normalized spacial score (nSPS) is 11.2. The lowest BCUT2D eigenvalue weighted by molar-refractivity contribution is 0.102. The molecule has 0 aliphatic carbocycles. The molecule has 0 aliphatic heterocycles. The van der Waals surface area contributed by atoms with Gasteiger partial charge in [0, 0.05) is 12.1 Å². The highest BCUT2D eigenvalue weighted by molar-refractivity contribution is 7.91. The highest BCUT2D eigenvalue weighted by atomic mass is 35.5. The number of anilines is 1. The summed E-state index contributed by atoms with van der Waals surface area (Å²) in [5.74, 6) is 0.0944. The van der Waals surface area contributed by atoms with Gasteiger partial charge in [0.2, 0.25) is 9.47 Å². The molecular formula is C18H17ClN4O4S2. The second kappa shape index (κ2) is 9.31. The minimum atomic E-state index is -3.92. The van der Waals surface area contributed by atoms with Crippen molar-refractivity contribution in [1.29, 1.82) is 0 Å². The Balaban J connectivity index is 1.69. The van der Waals surface area contributed by atoms with Crippen molar-refractivity contribution in [2.45, 2.75) is 17.8 Å². The molecule has 0 aliphatic rings. The summed E-state index contributed by atoms with van der Waals surface area (Å²) in [6, 6.07) is 13.6. The van der Waals surface area contributed by atoms with E-state index < -0.39 is 15.9 Å². The predicted molar refractivity (Wildman–Crippen MR) is 111 cm³/mol. The van der Waals surface area contributed by atoms with Crippen molar-refractivity contribution in [3.05, 3.63) is 64.7 Å². The number of nitrogens with zero attached hydrogens (tertiary/aromatic N) is 2. The first-order chi connectivity index (χ1) is 13.9. The Morgan fingerprint density at radius 2 is 1.86 bits per heavy atom. The lowest BCUT2D eigenvalue weighted by Crippen LogP contribution is -2.23. The third kappa shape index (κ3) is 5.30. The molecule has 0 spiro atoms. The molecule has 0 bridgehead atoms. The predicted octanol–water partition coefficient (Wildman–Crippen LogP) is 3.32. The van der Waals surface area contributed by atoms with E-state index in [0.29, 0.717) is 17.9 Å². The van der Waals surface area contributed by atoms with Crippen LogP contribution in [0.15, 0.2) is 52.9 Å². The first-order valence-corrected chi connectivity index (χ1v) is 11.2. The smallest absolute Gasteiger partial charge is 0.270 e. The number of hydrogen-bond donors (Lipinski definition) is 2. The fourth-order valence-corrected chi connectivity index (χ4v) is 4.52. The van der Waals surface area contributed by atoms with Gasteiger partial charge in [0.1, 0.15) is 5.75 Å². The van der Waals surface area contributed by atoms with E-state index in [2.05, 4.69) is 20.2 Å². The van der Waals surface area contributed by atoms with Crippen LogP contribution in [0.25, 0.3) is 0 Å². The standard InChI is InChI=1S/C18H17ClN4O4S2/c1-2-27-15-10-6-3-7-12(15)11-20-29(25,26)18-23-22-17(28-18)21-16(24)13-8-4-5-9-14(13)19/h3-10,20H,2,11H2,1H3,(H,21,22,24). The summed E-state index contributed by atoms with van der Waals surface area (Å²) >= 11 is 6.73. The number of amides is 1. The van der Waals surface area contributed by atoms with Crippen LogP contribution in [0.4, 0.5) is 5.13 Å². The second-order valence-electron chi connectivity index (χ2n) is 5.67. The Hall–Kier alpha value is -2.53. The highest BCUT2D eigenvalue weighted by Gasteiger charge is 2.22. The minimum Gasteiger partial charge on any atom is -0.494 e. The van der Waals surface area contributed by atoms with Crippen LogP contribution < -0.4 is 14.8 Å². The molecule has 152 valence electrons. The van der Waals surface area contributed by atoms with Crippen LogP contribution in [0.5, 0.6) is 5.75 Å². The van der Waals surface area contributed by atoms with Gasteiger partial charge in [0.05, 0.1) is 17.2 Å². The maximum absolute atomic E-state index is 12.5. The average molecular weight is 453 g/mol. The summed E-state index contributed by atoms with van der Waals surface area (Å²) in [6.45, 7) is 2.34. The van der Waals surface area contributed by atoms with Crippen molar-refractivity contribution in [3.63, 3.8) is 0 Å². The minimum absolute atomic E-state index is 0.0272. The van der Waals surface area contributed by atoms with Crippen LogP contribution in [0.2, 0.25) is 5.02 Å². The number of rotatable bonds is 8. The first kappa shape index (κ1) is 21.2. The Labute approximate surface area is 176 Å². The summed E-state index contributed by atoms with van der Waals surface area (Å²) in [7, 11) is -3.92. The molecule has 29 heavy (non-hydrogen) atoms. The van der Waals surface area contributed by atoms with Gasteiger partial charge in [-0.25, -0.2) is 13.1 Å². The van der Waals surface area contributed by atoms with Crippen molar-refractivity contribution < 1.29 is 17.9 Å². The number of aromatic nitrogens is 2. The van der Waals surface area contributed by atoms with Crippen LogP contribution in [0.1, 0.15) is 22.8 Å². The third-order valence-corrected chi connectivity index (χ3v) is 6.64. The van der Waals surface area contributed by atoms with Gasteiger partial charge in [-0.3, -0.25) is 10.1 Å². The summed E-state index contributed by atoms with van der Waals surface area (Å²) in [5, 5.41) is 10.2. The Bertz CT molecular complexity index is 1120. The maximum atomic E-state index is 12.5. The molecule has 1 heterocycles. The third-order valence-electron chi connectivity index (χ3n) is 3.70. The number of benzene rings is 2. The zero-order chi connectivity index (χ0) is 20.9. The van der Waals surface area contributed by atoms with E-state index in [1.54, 1.807) is 42.5 Å². The van der Waals surface area contributed by atoms with Crippen LogP contribution in [-0.4, -0.2) is 31.1 Å². The molecule has 0 unspecified atom stereocenters. The van der Waals surface area contributed by atoms with Gasteiger partial charge in [-0.2, -0.15) is 0 Å². The van der Waals surface area contributed by atoms with Crippen molar-refractivity contribution in [2.24, 2.45) is 0 Å². The molecule has 3 rings (SSSR count). The van der Waals surface area contributed by atoms with Crippen LogP contribution in [0, 0.1) is 0 Å². The molecule has 8 nitrogen and oxygen atoms in total. The molecule has 3 aromatic rings. The van der Waals surface area contributed by atoms with Crippen molar-refractivity contribution >= 4 is 44.0 Å². The van der Waals surface area contributed by atoms with Crippen molar-refractivity contribution in [1.82, 2.24) is 14.9 Å². The monoisotopic (exact) mass is 452 g/mol. The van der Waals surface area contributed by atoms with E-state index >= 15 is 0 Å². The van der Waals surface area contributed by atoms with Crippen LogP contribution >= 0.6 is 22.9 Å². The molecule has 1 aromatic heterocycles. The number of para-hydroxylation sites is 1. The van der Waals surface area contributed by atoms with Crippen molar-refractivity contribution in [3.8, 4) is 5.75 Å². The fourth-order valence-electron chi connectivity index (χ4n) is 2.36. The maximum Gasteiger partial charge on any atom is 0.270 e. The van der Waals surface area contributed by atoms with Crippen LogP contribution in [0.3, 0.4) is 0 Å². The lowest BCUT2D eigenvalue weighted by atomic mass is 10.2. The number of sulfonamides is 1. The van der Waals surface area contributed by atoms with Gasteiger partial charge in [-0.05, 0) is 25.1 Å². The largest absolute Gasteiger partial charge is 0.494 e. The molecular weight excluding hydrogens is 436 g/mol. The summed E-state index contributed by atoms with van der Waals surface area (Å²) in [5.41, 5.74) is 0.939. The number of hydrogen-bond acceptors (Lipinski definition) is 7. The van der Waals surface area contributed by atoms with Gasteiger partial charge >= 0.3 is 0 Å². The van der Waals surface area contributed by atoms with Gasteiger partial charge in [0.25, 0.3) is 15.9 Å². The second-order valence-corrected chi connectivity index (χ2v) is 9.00. The summed E-state index contributed by atoms with van der Waals surface area (Å²) < 4.78 is 32.7. The Morgan fingerprint density at radius 3 is 2.62 bits per heavy atom. The molecule has 0 saturated heterocycles. The lowest BCUT2D eigenvalue weighted by Gasteiger charge is -2.10. The Kier molecular flexibility index (Phi) is 6.80. The molecule has 0 atom stereocenters. The molecule has 11 heteroatoms.